The number of hydrogen-bond donors (Lipinski definition) is 0. The lowest BCUT2D eigenvalue weighted by Crippen LogP contribution is -2.31. The van der Waals surface area contributed by atoms with Crippen LogP contribution in [0.3, 0.4) is 0 Å². The number of hydrogen-bond acceptors (Lipinski definition) is 6. The molecule has 0 saturated heterocycles. The molecule has 0 radical (unpaired) electrons. The third kappa shape index (κ3) is 10.5. The van der Waals surface area contributed by atoms with Gasteiger partial charge in [-0.2, -0.15) is 0 Å². The molecule has 0 unspecified atom stereocenters. The van der Waals surface area contributed by atoms with Crippen molar-refractivity contribution < 1.29 is 19.1 Å². The number of ether oxygens (including phenoxy) is 2. The first-order valence-corrected chi connectivity index (χ1v) is 24.8. The summed E-state index contributed by atoms with van der Waals surface area (Å²) in [4.78, 5) is 32.4. The highest BCUT2D eigenvalue weighted by atomic mass is 32.1. The van der Waals surface area contributed by atoms with Crippen molar-refractivity contribution in [3.63, 3.8) is 0 Å². The van der Waals surface area contributed by atoms with E-state index in [4.69, 9.17) is 14.5 Å². The molecule has 5 aliphatic rings. The minimum atomic E-state index is -0.138. The van der Waals surface area contributed by atoms with Crippen LogP contribution in [0.25, 0.3) is 22.4 Å². The van der Waals surface area contributed by atoms with E-state index in [1.807, 2.05) is 36.4 Å². The fourth-order valence-electron chi connectivity index (χ4n) is 12.3. The molecule has 0 amide bonds. The summed E-state index contributed by atoms with van der Waals surface area (Å²) < 4.78 is 13.2. The van der Waals surface area contributed by atoms with Crippen molar-refractivity contribution in [3.05, 3.63) is 53.0 Å². The first kappa shape index (κ1) is 41.7. The monoisotopic (exact) mass is 806 g/mol. The van der Waals surface area contributed by atoms with Crippen molar-refractivity contribution in [2.24, 2.45) is 59.2 Å². The minimum Gasteiger partial charge on any atom is -0.425 e. The number of unbranched alkanes of at least 4 members (excludes halogenated alkanes) is 1. The van der Waals surface area contributed by atoms with E-state index in [2.05, 4.69) is 26.0 Å². The van der Waals surface area contributed by atoms with E-state index in [1.165, 1.54) is 108 Å². The summed E-state index contributed by atoms with van der Waals surface area (Å²) in [7, 11) is 0. The Morgan fingerprint density at radius 2 is 1.07 bits per heavy atom. The fourth-order valence-corrected chi connectivity index (χ4v) is 13.2. The number of benzene rings is 2. The Hall–Kier alpha value is -2.99. The molecule has 1 aromatic heterocycles. The average Bonchev–Trinajstić information content (AvgIpc) is 3.72. The standard InChI is InChI=1S/C52H71NO4S/c1-3-4-8-37-13-18-39(19-14-37)40-20-22-41(23-21-40)43-26-28-44(29-27-43)51(54)56-46-32-33-47(50-49(46)53-48(58-50)34-15-36-9-6-5-7-10-36)57-52(55)45-30-24-42(25-31-45)38-16-11-35(2)12-17-38/h5-7,9-10,15,32-35,37-45H,3-4,8,11-14,16-31H2,1-2H3/b34-15+. The van der Waals surface area contributed by atoms with Crippen LogP contribution in [-0.4, -0.2) is 16.9 Å². The van der Waals surface area contributed by atoms with E-state index < -0.39 is 0 Å². The molecular formula is C52H71NO4S. The molecule has 3 aromatic rings. The van der Waals surface area contributed by atoms with Gasteiger partial charge in [-0.3, -0.25) is 9.59 Å². The van der Waals surface area contributed by atoms with Gasteiger partial charge in [-0.1, -0.05) is 95.2 Å². The second-order valence-corrected chi connectivity index (χ2v) is 20.7. The topological polar surface area (TPSA) is 65.5 Å². The van der Waals surface area contributed by atoms with Gasteiger partial charge in [-0.05, 0) is 174 Å². The fraction of sp³-hybridized carbons (Fsp3) is 0.673. The molecule has 58 heavy (non-hydrogen) atoms. The Labute approximate surface area is 353 Å². The predicted octanol–water partition coefficient (Wildman–Crippen LogP) is 14.5. The molecule has 5 saturated carbocycles. The van der Waals surface area contributed by atoms with E-state index in [0.29, 0.717) is 17.0 Å². The summed E-state index contributed by atoms with van der Waals surface area (Å²) in [6, 6.07) is 13.8. The maximum absolute atomic E-state index is 13.8. The molecular weight excluding hydrogens is 735 g/mol. The van der Waals surface area contributed by atoms with Crippen LogP contribution in [0.4, 0.5) is 0 Å². The summed E-state index contributed by atoms with van der Waals surface area (Å²) in [5.41, 5.74) is 1.69. The van der Waals surface area contributed by atoms with E-state index >= 15 is 0 Å². The number of fused-ring (bicyclic) bond motifs is 1. The SMILES string of the molecule is CCCCC1CCC(C2CCC(C3CCC(C(=O)Oc4ccc(OC(=O)C5CCC(C6CCC(C)CC6)CC5)c5sc(/C=C/c6ccccc6)nc45)CC3)CC2)CC1. The average molecular weight is 806 g/mol. The summed E-state index contributed by atoms with van der Waals surface area (Å²) in [5, 5.41) is 0.789. The number of carbonyl (C=O) groups excluding carboxylic acids is 2. The van der Waals surface area contributed by atoms with Gasteiger partial charge in [0, 0.05) is 0 Å². The van der Waals surface area contributed by atoms with Crippen LogP contribution in [0.1, 0.15) is 172 Å². The van der Waals surface area contributed by atoms with Gasteiger partial charge < -0.3 is 9.47 Å². The summed E-state index contributed by atoms with van der Waals surface area (Å²) in [6.07, 6.45) is 33.4. The van der Waals surface area contributed by atoms with Crippen LogP contribution in [0, 0.1) is 59.2 Å². The van der Waals surface area contributed by atoms with Crippen LogP contribution in [0.2, 0.25) is 0 Å². The van der Waals surface area contributed by atoms with Crippen LogP contribution in [-0.2, 0) is 9.59 Å². The largest absolute Gasteiger partial charge is 0.425 e. The molecule has 8 rings (SSSR count). The lowest BCUT2D eigenvalue weighted by molar-refractivity contribution is -0.141. The van der Waals surface area contributed by atoms with E-state index in [9.17, 15) is 9.59 Å². The lowest BCUT2D eigenvalue weighted by Gasteiger charge is -2.41. The minimum absolute atomic E-state index is 0.0676. The highest BCUT2D eigenvalue weighted by Crippen LogP contribution is 2.47. The molecule has 5 fully saturated rings. The van der Waals surface area contributed by atoms with Gasteiger partial charge in [-0.25, -0.2) is 4.98 Å². The molecule has 314 valence electrons. The van der Waals surface area contributed by atoms with Crippen LogP contribution >= 0.6 is 11.3 Å². The molecule has 0 N–H and O–H groups in total. The quantitative estimate of drug-likeness (QED) is 0.135. The summed E-state index contributed by atoms with van der Waals surface area (Å²) in [5.74, 6) is 7.54. The van der Waals surface area contributed by atoms with Gasteiger partial charge in [0.1, 0.15) is 15.2 Å². The molecule has 0 atom stereocenters. The second-order valence-electron chi connectivity index (χ2n) is 19.7. The Kier molecular flexibility index (Phi) is 14.4. The summed E-state index contributed by atoms with van der Waals surface area (Å²) >= 11 is 1.49. The normalized spacial score (nSPS) is 32.2. The maximum atomic E-state index is 13.8. The molecule has 0 spiro atoms. The van der Waals surface area contributed by atoms with Crippen molar-refractivity contribution >= 4 is 45.6 Å². The van der Waals surface area contributed by atoms with Gasteiger partial charge in [0.15, 0.2) is 11.5 Å². The molecule has 6 heteroatoms. The van der Waals surface area contributed by atoms with Gasteiger partial charge in [0.25, 0.3) is 0 Å². The van der Waals surface area contributed by atoms with Crippen molar-refractivity contribution in [3.8, 4) is 11.5 Å². The first-order chi connectivity index (χ1) is 28.4. The summed E-state index contributed by atoms with van der Waals surface area (Å²) in [6.45, 7) is 4.71. The number of aromatic nitrogens is 1. The Bertz CT molecular complexity index is 1790. The smallest absolute Gasteiger partial charge is 0.314 e. The number of thiazole rings is 1. The molecule has 0 aliphatic heterocycles. The zero-order valence-corrected chi connectivity index (χ0v) is 36.5. The lowest BCUT2D eigenvalue weighted by atomic mass is 9.65. The third-order valence-corrected chi connectivity index (χ3v) is 17.1. The highest BCUT2D eigenvalue weighted by Gasteiger charge is 2.37. The number of nitrogens with zero attached hydrogens (tertiary/aromatic N) is 1. The number of esters is 2. The Balaban J connectivity index is 0.866. The second kappa shape index (κ2) is 20.0. The van der Waals surface area contributed by atoms with Crippen LogP contribution in [0.5, 0.6) is 11.5 Å². The van der Waals surface area contributed by atoms with E-state index in [-0.39, 0.29) is 23.8 Å². The van der Waals surface area contributed by atoms with Crippen molar-refractivity contribution in [2.75, 3.05) is 0 Å². The van der Waals surface area contributed by atoms with Crippen LogP contribution < -0.4 is 9.47 Å². The number of rotatable bonds is 12. The van der Waals surface area contributed by atoms with E-state index in [1.54, 1.807) is 6.07 Å². The maximum Gasteiger partial charge on any atom is 0.314 e. The number of carbonyl (C=O) groups is 2. The molecule has 5 aliphatic carbocycles. The predicted molar refractivity (Wildman–Crippen MR) is 239 cm³/mol. The first-order valence-electron chi connectivity index (χ1n) is 24.0. The zero-order valence-electron chi connectivity index (χ0n) is 35.7. The van der Waals surface area contributed by atoms with Gasteiger partial charge in [0.05, 0.1) is 11.8 Å². The van der Waals surface area contributed by atoms with Crippen LogP contribution in [0.15, 0.2) is 42.5 Å². The molecule has 2 aromatic carbocycles. The van der Waals surface area contributed by atoms with Crippen molar-refractivity contribution in [2.45, 2.75) is 162 Å². The van der Waals surface area contributed by atoms with E-state index in [0.717, 1.165) is 114 Å². The highest BCUT2D eigenvalue weighted by molar-refractivity contribution is 7.19. The van der Waals surface area contributed by atoms with Crippen molar-refractivity contribution in [1.29, 1.82) is 0 Å². The van der Waals surface area contributed by atoms with Crippen molar-refractivity contribution in [1.82, 2.24) is 4.98 Å². The van der Waals surface area contributed by atoms with Gasteiger partial charge >= 0.3 is 11.9 Å². The third-order valence-electron chi connectivity index (χ3n) is 16.1. The molecule has 1 heterocycles. The molecule has 0 bridgehead atoms. The zero-order chi connectivity index (χ0) is 39.8. The molecule has 5 nitrogen and oxygen atoms in total. The Morgan fingerprint density at radius 3 is 1.60 bits per heavy atom. The van der Waals surface area contributed by atoms with Gasteiger partial charge in [-0.15, -0.1) is 11.3 Å². The Morgan fingerprint density at radius 1 is 0.603 bits per heavy atom. The van der Waals surface area contributed by atoms with Gasteiger partial charge in [0.2, 0.25) is 0 Å².